The highest BCUT2D eigenvalue weighted by Gasteiger charge is 2.19. The molecule has 1 unspecified atom stereocenters. The van der Waals surface area contributed by atoms with E-state index < -0.39 is 6.10 Å². The Hall–Kier alpha value is -3.67. The predicted molar refractivity (Wildman–Crippen MR) is 279 cm³/mol. The molecule has 0 aromatic heterocycles. The third-order valence-corrected chi connectivity index (χ3v) is 11.2. The van der Waals surface area contributed by atoms with Crippen LogP contribution in [0.1, 0.15) is 239 Å². The Kier molecular flexibility index (Phi) is 50.0. The van der Waals surface area contributed by atoms with Crippen molar-refractivity contribution >= 4 is 17.9 Å². The number of carbonyl (C=O) groups excluding carboxylic acids is 3. The van der Waals surface area contributed by atoms with Gasteiger partial charge < -0.3 is 14.2 Å². The van der Waals surface area contributed by atoms with E-state index in [4.69, 9.17) is 14.2 Å². The Morgan fingerprint density at radius 3 is 1.02 bits per heavy atom. The van der Waals surface area contributed by atoms with E-state index in [0.29, 0.717) is 19.3 Å². The van der Waals surface area contributed by atoms with Gasteiger partial charge in [-0.2, -0.15) is 0 Å². The number of esters is 3. The van der Waals surface area contributed by atoms with Gasteiger partial charge in [0.1, 0.15) is 13.2 Å². The summed E-state index contributed by atoms with van der Waals surface area (Å²) < 4.78 is 16.8. The third kappa shape index (κ3) is 51.2. The summed E-state index contributed by atoms with van der Waals surface area (Å²) >= 11 is 0. The van der Waals surface area contributed by atoms with Gasteiger partial charge in [0.15, 0.2) is 6.10 Å². The topological polar surface area (TPSA) is 78.9 Å². The van der Waals surface area contributed by atoms with E-state index in [1.54, 1.807) is 0 Å². The summed E-state index contributed by atoms with van der Waals surface area (Å²) in [6.07, 6.45) is 69.6. The van der Waals surface area contributed by atoms with Gasteiger partial charge in [-0.05, 0) is 89.9 Å². The summed E-state index contributed by atoms with van der Waals surface area (Å²) in [5, 5.41) is 0. The molecule has 0 aliphatic rings. The van der Waals surface area contributed by atoms with Gasteiger partial charge in [-0.3, -0.25) is 14.4 Å². The molecule has 65 heavy (non-hydrogen) atoms. The lowest BCUT2D eigenvalue weighted by Crippen LogP contribution is -2.30. The average Bonchev–Trinajstić information content (AvgIpc) is 3.30. The minimum atomic E-state index is -0.811. The Balaban J connectivity index is 4.52. The Morgan fingerprint density at radius 1 is 0.323 bits per heavy atom. The molecule has 0 fully saturated rings. The van der Waals surface area contributed by atoms with E-state index in [-0.39, 0.29) is 31.1 Å². The zero-order chi connectivity index (χ0) is 47.2. The summed E-state index contributed by atoms with van der Waals surface area (Å²) in [5.41, 5.74) is 0. The molecule has 0 rings (SSSR count). The van der Waals surface area contributed by atoms with Gasteiger partial charge in [-0.15, -0.1) is 0 Å². The lowest BCUT2D eigenvalue weighted by molar-refractivity contribution is -0.167. The van der Waals surface area contributed by atoms with Crippen molar-refractivity contribution < 1.29 is 28.6 Å². The van der Waals surface area contributed by atoms with Crippen LogP contribution in [0.25, 0.3) is 0 Å². The van der Waals surface area contributed by atoms with Crippen LogP contribution in [0.15, 0.2) is 97.2 Å². The van der Waals surface area contributed by atoms with Crippen LogP contribution in [0.3, 0.4) is 0 Å². The lowest BCUT2D eigenvalue weighted by atomic mass is 10.1. The van der Waals surface area contributed by atoms with E-state index in [0.717, 1.165) is 96.3 Å². The third-order valence-electron chi connectivity index (χ3n) is 11.2. The van der Waals surface area contributed by atoms with Gasteiger partial charge in [0.2, 0.25) is 0 Å². The summed E-state index contributed by atoms with van der Waals surface area (Å²) in [4.78, 5) is 38.0. The minimum absolute atomic E-state index is 0.109. The SMILES string of the molecule is CC\C=C/C=C\C=C/C=C\C=C/CCCCCC(=O)OCC(COC(=O)CCCCC/C=C\C=C/CCCCCCCCC)OC(=O)CCCCCCC/C=C\CCCCCCCCC. The molecule has 0 radical (unpaired) electrons. The molecule has 0 amide bonds. The number of hydrogen-bond donors (Lipinski definition) is 0. The highest BCUT2D eigenvalue weighted by molar-refractivity contribution is 5.71. The first-order chi connectivity index (χ1) is 32.0. The van der Waals surface area contributed by atoms with Crippen molar-refractivity contribution in [1.29, 1.82) is 0 Å². The first kappa shape index (κ1) is 61.3. The molecular formula is C59H98O6. The standard InChI is InChI=1S/C59H98O6/c1-4-7-10-13-16-19-22-25-28-31-34-37-40-43-46-49-52-58(61)64-55-56(54-63-57(60)51-48-45-42-39-36-33-30-27-24-21-18-15-12-9-6-3)65-59(62)53-50-47-44-41-38-35-32-29-26-23-20-17-14-11-8-5-2/h9,12,15,18,21,24,27-34,36-37,56H,4-8,10-11,13-14,16-17,19-20,22-23,25-26,35,38-55H2,1-3H3/b12-9-,18-15-,24-21-,30-27-,31-28-,32-29-,36-33-,37-34-. The highest BCUT2D eigenvalue weighted by atomic mass is 16.6. The van der Waals surface area contributed by atoms with Crippen LogP contribution in [-0.4, -0.2) is 37.2 Å². The predicted octanol–water partition coefficient (Wildman–Crippen LogP) is 17.8. The molecule has 0 bridgehead atoms. The molecule has 6 nitrogen and oxygen atoms in total. The first-order valence-electron chi connectivity index (χ1n) is 26.8. The van der Waals surface area contributed by atoms with Crippen molar-refractivity contribution in [3.8, 4) is 0 Å². The monoisotopic (exact) mass is 903 g/mol. The van der Waals surface area contributed by atoms with Gasteiger partial charge >= 0.3 is 17.9 Å². The second-order valence-corrected chi connectivity index (χ2v) is 17.5. The van der Waals surface area contributed by atoms with Gasteiger partial charge in [-0.1, -0.05) is 227 Å². The minimum Gasteiger partial charge on any atom is -0.462 e. The second-order valence-electron chi connectivity index (χ2n) is 17.5. The van der Waals surface area contributed by atoms with Gasteiger partial charge in [0.05, 0.1) is 0 Å². The molecule has 370 valence electrons. The first-order valence-corrected chi connectivity index (χ1v) is 26.8. The molecule has 0 aromatic rings. The van der Waals surface area contributed by atoms with E-state index >= 15 is 0 Å². The molecule has 0 saturated heterocycles. The number of carbonyl (C=O) groups is 3. The fourth-order valence-corrected chi connectivity index (χ4v) is 7.15. The maximum Gasteiger partial charge on any atom is 0.306 e. The fraction of sp³-hybridized carbons (Fsp3) is 0.678. The summed E-state index contributed by atoms with van der Waals surface area (Å²) in [5.74, 6) is -0.985. The second kappa shape index (κ2) is 52.9. The van der Waals surface area contributed by atoms with Crippen LogP contribution >= 0.6 is 0 Å². The van der Waals surface area contributed by atoms with E-state index in [1.165, 1.54) is 103 Å². The van der Waals surface area contributed by atoms with Gasteiger partial charge in [0, 0.05) is 19.3 Å². The summed E-state index contributed by atoms with van der Waals surface area (Å²) in [6, 6.07) is 0. The molecular weight excluding hydrogens is 805 g/mol. The lowest BCUT2D eigenvalue weighted by Gasteiger charge is -2.18. The van der Waals surface area contributed by atoms with Crippen LogP contribution in [0, 0.1) is 0 Å². The molecule has 0 aromatic carbocycles. The summed E-state index contributed by atoms with van der Waals surface area (Å²) in [6.45, 7) is 6.42. The zero-order valence-corrected chi connectivity index (χ0v) is 42.2. The van der Waals surface area contributed by atoms with E-state index in [1.807, 2.05) is 48.6 Å². The number of allylic oxidation sites excluding steroid dienone is 16. The maximum atomic E-state index is 12.8. The maximum absolute atomic E-state index is 12.8. The molecule has 1 atom stereocenters. The van der Waals surface area contributed by atoms with Crippen LogP contribution < -0.4 is 0 Å². The molecule has 0 spiro atoms. The van der Waals surface area contributed by atoms with Crippen molar-refractivity contribution in [2.24, 2.45) is 0 Å². The zero-order valence-electron chi connectivity index (χ0n) is 42.2. The molecule has 0 aliphatic carbocycles. The normalized spacial score (nSPS) is 12.8. The Labute approximate surface area is 400 Å². The van der Waals surface area contributed by atoms with Crippen molar-refractivity contribution in [2.75, 3.05) is 13.2 Å². The molecule has 6 heteroatoms. The average molecular weight is 903 g/mol. The highest BCUT2D eigenvalue weighted by Crippen LogP contribution is 2.13. The largest absolute Gasteiger partial charge is 0.462 e. The molecule has 0 saturated carbocycles. The van der Waals surface area contributed by atoms with Crippen molar-refractivity contribution in [3.05, 3.63) is 97.2 Å². The molecule has 0 heterocycles. The van der Waals surface area contributed by atoms with Crippen LogP contribution in [0.5, 0.6) is 0 Å². The van der Waals surface area contributed by atoms with Crippen LogP contribution in [-0.2, 0) is 28.6 Å². The number of ether oxygens (including phenoxy) is 3. The molecule has 0 aliphatic heterocycles. The van der Waals surface area contributed by atoms with E-state index in [9.17, 15) is 14.4 Å². The van der Waals surface area contributed by atoms with Crippen molar-refractivity contribution in [2.45, 2.75) is 245 Å². The number of unbranched alkanes of at least 4 members (excludes halogenated alkanes) is 25. The molecule has 0 N–H and O–H groups in total. The van der Waals surface area contributed by atoms with E-state index in [2.05, 4.69) is 69.4 Å². The quantitative estimate of drug-likeness (QED) is 0.0199. The van der Waals surface area contributed by atoms with Crippen LogP contribution in [0.4, 0.5) is 0 Å². The smallest absolute Gasteiger partial charge is 0.306 e. The van der Waals surface area contributed by atoms with Crippen LogP contribution in [0.2, 0.25) is 0 Å². The number of rotatable bonds is 47. The van der Waals surface area contributed by atoms with Crippen molar-refractivity contribution in [3.63, 3.8) is 0 Å². The fourth-order valence-electron chi connectivity index (χ4n) is 7.15. The summed E-state index contributed by atoms with van der Waals surface area (Å²) in [7, 11) is 0. The number of hydrogen-bond acceptors (Lipinski definition) is 6. The Bertz CT molecular complexity index is 1310. The Morgan fingerprint density at radius 2 is 0.615 bits per heavy atom. The van der Waals surface area contributed by atoms with Gasteiger partial charge in [0.25, 0.3) is 0 Å². The van der Waals surface area contributed by atoms with Crippen molar-refractivity contribution in [1.82, 2.24) is 0 Å². The van der Waals surface area contributed by atoms with Gasteiger partial charge in [-0.25, -0.2) is 0 Å².